The number of carbonyl (C=O) groups is 1. The third-order valence-corrected chi connectivity index (χ3v) is 7.84. The number of nitrogens with zero attached hydrogens (tertiary/aromatic N) is 4. The molecule has 4 heterocycles. The van der Waals surface area contributed by atoms with E-state index in [-0.39, 0.29) is 29.2 Å². The van der Waals surface area contributed by atoms with Crippen molar-refractivity contribution in [3.8, 4) is 23.5 Å². The summed E-state index contributed by atoms with van der Waals surface area (Å²) in [5.41, 5.74) is 0.191. The summed E-state index contributed by atoms with van der Waals surface area (Å²) in [5, 5.41) is 6.94. The first-order valence-electron chi connectivity index (χ1n) is 12.9. The SMILES string of the molecule is COc1nc(NCCCN2CCOCC2)nc(OC)c1NC(=O)c1ccc(Oc2ccnc([Si](C)(C)C)c2)o1. The molecule has 0 spiro atoms. The van der Waals surface area contributed by atoms with Crippen LogP contribution in [-0.2, 0) is 4.74 Å². The van der Waals surface area contributed by atoms with Gasteiger partial charge in [0.25, 0.3) is 11.9 Å². The highest BCUT2D eigenvalue weighted by Gasteiger charge is 2.22. The molecule has 0 unspecified atom stereocenters. The van der Waals surface area contributed by atoms with Gasteiger partial charge in [-0.25, -0.2) is 0 Å². The third-order valence-electron chi connectivity index (χ3n) is 6.03. The van der Waals surface area contributed by atoms with Gasteiger partial charge < -0.3 is 34.0 Å². The molecule has 3 aromatic rings. The van der Waals surface area contributed by atoms with Crippen molar-refractivity contribution in [2.75, 3.05) is 64.2 Å². The van der Waals surface area contributed by atoms with Gasteiger partial charge in [0.2, 0.25) is 17.7 Å². The van der Waals surface area contributed by atoms with E-state index in [2.05, 4.69) is 50.1 Å². The van der Waals surface area contributed by atoms with E-state index in [0.29, 0.717) is 18.2 Å². The molecule has 12 nitrogen and oxygen atoms in total. The lowest BCUT2D eigenvalue weighted by Crippen LogP contribution is -2.39. The molecule has 0 bridgehead atoms. The van der Waals surface area contributed by atoms with Crippen molar-refractivity contribution >= 4 is 30.9 Å². The lowest BCUT2D eigenvalue weighted by molar-refractivity contribution is 0.0378. The first kappa shape index (κ1) is 28.3. The van der Waals surface area contributed by atoms with Crippen LogP contribution in [0.3, 0.4) is 0 Å². The number of methoxy groups -OCH3 is 2. The van der Waals surface area contributed by atoms with Gasteiger partial charge in [-0.1, -0.05) is 19.6 Å². The zero-order chi connectivity index (χ0) is 27.8. The molecular formula is C26H36N6O6Si. The van der Waals surface area contributed by atoms with Crippen molar-refractivity contribution in [1.29, 1.82) is 0 Å². The second-order valence-electron chi connectivity index (χ2n) is 9.98. The summed E-state index contributed by atoms with van der Waals surface area (Å²) in [5.74, 6) is 0.933. The predicted molar refractivity (Wildman–Crippen MR) is 149 cm³/mol. The fraction of sp³-hybridized carbons (Fsp3) is 0.462. The Hall–Kier alpha value is -3.68. The molecule has 210 valence electrons. The summed E-state index contributed by atoms with van der Waals surface area (Å²) in [6.45, 7) is 11.7. The minimum atomic E-state index is -1.61. The van der Waals surface area contributed by atoms with Crippen LogP contribution in [-0.4, -0.2) is 87.4 Å². The van der Waals surface area contributed by atoms with Gasteiger partial charge in [0.1, 0.15) is 13.8 Å². The highest BCUT2D eigenvalue weighted by molar-refractivity contribution is 6.88. The zero-order valence-corrected chi connectivity index (χ0v) is 24.1. The normalized spacial score (nSPS) is 14.1. The maximum atomic E-state index is 13.0. The molecule has 0 atom stereocenters. The third kappa shape index (κ3) is 7.68. The predicted octanol–water partition coefficient (Wildman–Crippen LogP) is 3.21. The summed E-state index contributed by atoms with van der Waals surface area (Å²) >= 11 is 0. The first-order chi connectivity index (χ1) is 18.8. The van der Waals surface area contributed by atoms with Gasteiger partial charge >= 0.3 is 0 Å². The first-order valence-corrected chi connectivity index (χ1v) is 16.4. The number of rotatable bonds is 12. The number of furan rings is 1. The molecule has 1 aliphatic rings. The summed E-state index contributed by atoms with van der Waals surface area (Å²) in [6, 6.07) is 6.75. The molecule has 0 aromatic carbocycles. The van der Waals surface area contributed by atoms with Crippen LogP contribution in [0.25, 0.3) is 0 Å². The summed E-state index contributed by atoms with van der Waals surface area (Å²) in [6.07, 6.45) is 2.62. The van der Waals surface area contributed by atoms with Gasteiger partial charge in [-0.3, -0.25) is 14.7 Å². The standard InChI is InChI=1S/C26H36N6O6Si/c1-34-24-22(25(35-2)31-26(30-24)28-10-6-12-32-13-15-36-16-14-32)29-23(33)19-7-8-21(38-19)37-18-9-11-27-20(17-18)39(3,4)5/h7-9,11,17H,6,10,12-16H2,1-5H3,(H,29,33)(H,28,30,31). The molecule has 1 saturated heterocycles. The topological polar surface area (TPSA) is 133 Å². The Morgan fingerprint density at radius 3 is 2.46 bits per heavy atom. The number of anilines is 2. The van der Waals surface area contributed by atoms with Crippen LogP contribution in [0.2, 0.25) is 19.6 Å². The molecule has 2 N–H and O–H groups in total. The summed E-state index contributed by atoms with van der Waals surface area (Å²) in [4.78, 5) is 28.6. The number of nitrogens with one attached hydrogen (secondary N) is 2. The maximum Gasteiger partial charge on any atom is 0.291 e. The Morgan fingerprint density at radius 2 is 1.79 bits per heavy atom. The second kappa shape index (κ2) is 12.9. The number of ether oxygens (including phenoxy) is 4. The number of carbonyl (C=O) groups excluding carboxylic acids is 1. The monoisotopic (exact) mass is 556 g/mol. The minimum Gasteiger partial charge on any atom is -0.479 e. The van der Waals surface area contributed by atoms with Gasteiger partial charge in [-0.2, -0.15) is 9.97 Å². The molecule has 3 aromatic heterocycles. The van der Waals surface area contributed by atoms with E-state index in [1.54, 1.807) is 18.3 Å². The average molecular weight is 557 g/mol. The highest BCUT2D eigenvalue weighted by atomic mass is 28.3. The highest BCUT2D eigenvalue weighted by Crippen LogP contribution is 2.33. The van der Waals surface area contributed by atoms with E-state index < -0.39 is 14.0 Å². The number of morpholine rings is 1. The number of hydrogen-bond acceptors (Lipinski definition) is 11. The van der Waals surface area contributed by atoms with Crippen molar-refractivity contribution < 1.29 is 28.2 Å². The van der Waals surface area contributed by atoms with Crippen LogP contribution >= 0.6 is 0 Å². The summed E-state index contributed by atoms with van der Waals surface area (Å²) < 4.78 is 27.7. The largest absolute Gasteiger partial charge is 0.479 e. The van der Waals surface area contributed by atoms with Crippen molar-refractivity contribution in [2.24, 2.45) is 0 Å². The molecule has 0 saturated carbocycles. The minimum absolute atomic E-state index is 0.0406. The fourth-order valence-electron chi connectivity index (χ4n) is 3.90. The smallest absolute Gasteiger partial charge is 0.291 e. The fourth-order valence-corrected chi connectivity index (χ4v) is 4.94. The Bertz CT molecular complexity index is 1230. The average Bonchev–Trinajstić information content (AvgIpc) is 3.40. The van der Waals surface area contributed by atoms with Crippen LogP contribution in [0.5, 0.6) is 23.5 Å². The van der Waals surface area contributed by atoms with Crippen molar-refractivity contribution in [3.05, 3.63) is 36.2 Å². The van der Waals surface area contributed by atoms with E-state index in [9.17, 15) is 4.79 Å². The quantitative estimate of drug-likeness (QED) is 0.252. The Kier molecular flexibility index (Phi) is 9.38. The number of pyridine rings is 1. The van der Waals surface area contributed by atoms with Crippen LogP contribution < -0.4 is 30.2 Å². The van der Waals surface area contributed by atoms with E-state index in [1.807, 2.05) is 6.07 Å². The number of aromatic nitrogens is 3. The Morgan fingerprint density at radius 1 is 1.08 bits per heavy atom. The molecule has 39 heavy (non-hydrogen) atoms. The lowest BCUT2D eigenvalue weighted by atomic mass is 10.3. The number of amides is 1. The molecule has 4 rings (SSSR count). The summed E-state index contributed by atoms with van der Waals surface area (Å²) in [7, 11) is 1.31. The van der Waals surface area contributed by atoms with E-state index in [1.165, 1.54) is 20.3 Å². The maximum absolute atomic E-state index is 13.0. The van der Waals surface area contributed by atoms with Gasteiger partial charge in [-0.05, 0) is 31.2 Å². The lowest BCUT2D eigenvalue weighted by Gasteiger charge is -2.26. The van der Waals surface area contributed by atoms with Crippen LogP contribution in [0, 0.1) is 0 Å². The van der Waals surface area contributed by atoms with Crippen LogP contribution in [0.15, 0.2) is 34.9 Å². The van der Waals surface area contributed by atoms with Gasteiger partial charge in [0, 0.05) is 37.2 Å². The molecule has 1 amide bonds. The van der Waals surface area contributed by atoms with Gasteiger partial charge in [-0.15, -0.1) is 0 Å². The van der Waals surface area contributed by atoms with E-state index in [0.717, 1.165) is 44.6 Å². The Balaban J connectivity index is 1.39. The molecule has 1 aliphatic heterocycles. The number of hydrogen-bond donors (Lipinski definition) is 2. The van der Waals surface area contributed by atoms with Gasteiger partial charge in [0.05, 0.1) is 27.4 Å². The van der Waals surface area contributed by atoms with Crippen LogP contribution in [0.1, 0.15) is 17.0 Å². The molecule has 13 heteroatoms. The Labute approximate surface area is 229 Å². The van der Waals surface area contributed by atoms with Crippen molar-refractivity contribution in [1.82, 2.24) is 19.9 Å². The van der Waals surface area contributed by atoms with E-state index >= 15 is 0 Å². The van der Waals surface area contributed by atoms with Gasteiger partial charge in [0.15, 0.2) is 11.4 Å². The zero-order valence-electron chi connectivity index (χ0n) is 23.1. The van der Waals surface area contributed by atoms with Crippen molar-refractivity contribution in [2.45, 2.75) is 26.1 Å². The van der Waals surface area contributed by atoms with Crippen molar-refractivity contribution in [3.63, 3.8) is 0 Å². The molecule has 1 fully saturated rings. The molecular weight excluding hydrogens is 520 g/mol. The second-order valence-corrected chi connectivity index (χ2v) is 15.0. The van der Waals surface area contributed by atoms with E-state index in [4.69, 9.17) is 23.4 Å². The molecule has 0 aliphatic carbocycles. The molecule has 0 radical (unpaired) electrons. The van der Waals surface area contributed by atoms with Crippen LogP contribution in [0.4, 0.5) is 11.6 Å².